The highest BCUT2D eigenvalue weighted by Crippen LogP contribution is 2.45. The van der Waals surface area contributed by atoms with Crippen LogP contribution in [-0.4, -0.2) is 0 Å². The summed E-state index contributed by atoms with van der Waals surface area (Å²) in [5.41, 5.74) is 12.1. The molecule has 1 aromatic heterocycles. The van der Waals surface area contributed by atoms with E-state index in [4.69, 9.17) is 4.42 Å². The van der Waals surface area contributed by atoms with Crippen LogP contribution in [0.3, 0.4) is 0 Å². The average molecular weight is 614 g/mol. The first-order valence-corrected chi connectivity index (χ1v) is 16.3. The number of fused-ring (bicyclic) bond motifs is 4. The number of nitrogens with zero attached hydrogens (tertiary/aromatic N) is 1. The average Bonchev–Trinajstić information content (AvgIpc) is 3.55. The topological polar surface area (TPSA) is 16.4 Å². The normalized spacial score (nSPS) is 11.3. The minimum absolute atomic E-state index is 0.891. The Hall–Kier alpha value is -6.38. The van der Waals surface area contributed by atoms with E-state index >= 15 is 0 Å². The molecule has 0 radical (unpaired) electrons. The van der Waals surface area contributed by atoms with Crippen molar-refractivity contribution >= 4 is 49.8 Å². The van der Waals surface area contributed by atoms with E-state index in [1.165, 1.54) is 33.0 Å². The fourth-order valence-corrected chi connectivity index (χ4v) is 6.93. The van der Waals surface area contributed by atoms with E-state index in [9.17, 15) is 0 Å². The molecule has 0 saturated heterocycles. The number of furan rings is 1. The van der Waals surface area contributed by atoms with Crippen LogP contribution < -0.4 is 4.90 Å². The maximum absolute atomic E-state index is 6.31. The van der Waals surface area contributed by atoms with Crippen molar-refractivity contribution in [3.05, 3.63) is 188 Å². The molecule has 2 heteroatoms. The molecule has 9 rings (SSSR count). The van der Waals surface area contributed by atoms with Crippen LogP contribution in [0.15, 0.2) is 192 Å². The molecule has 0 spiro atoms. The molecule has 226 valence electrons. The van der Waals surface area contributed by atoms with Gasteiger partial charge in [0.25, 0.3) is 0 Å². The number of hydrogen-bond donors (Lipinski definition) is 0. The zero-order valence-electron chi connectivity index (χ0n) is 26.3. The first-order chi connectivity index (χ1) is 23.8. The first kappa shape index (κ1) is 27.9. The Balaban J connectivity index is 1.20. The van der Waals surface area contributed by atoms with E-state index in [-0.39, 0.29) is 0 Å². The van der Waals surface area contributed by atoms with Crippen LogP contribution in [0.5, 0.6) is 0 Å². The van der Waals surface area contributed by atoms with Gasteiger partial charge in [0.05, 0.1) is 5.69 Å². The smallest absolute Gasteiger partial charge is 0.136 e. The highest BCUT2D eigenvalue weighted by molar-refractivity contribution is 6.13. The number of anilines is 3. The SMILES string of the molecule is c1ccc(-c2ccc(N(c3ccc(-c4ccc5ccccc5c4)cc3)c3ccccc3-c3cccc4oc5ccccc5c34)cc2)cc1. The van der Waals surface area contributed by atoms with E-state index in [2.05, 4.69) is 181 Å². The lowest BCUT2D eigenvalue weighted by Crippen LogP contribution is -2.11. The molecule has 0 unspecified atom stereocenters. The molecule has 8 aromatic carbocycles. The Morgan fingerprint density at radius 1 is 0.354 bits per heavy atom. The monoisotopic (exact) mass is 613 g/mol. The Bertz CT molecular complexity index is 2540. The van der Waals surface area contributed by atoms with Crippen molar-refractivity contribution in [2.45, 2.75) is 0 Å². The van der Waals surface area contributed by atoms with Crippen molar-refractivity contribution in [1.29, 1.82) is 0 Å². The second kappa shape index (κ2) is 11.8. The highest BCUT2D eigenvalue weighted by Gasteiger charge is 2.20. The lowest BCUT2D eigenvalue weighted by molar-refractivity contribution is 0.669. The highest BCUT2D eigenvalue weighted by atomic mass is 16.3. The Morgan fingerprint density at radius 3 is 1.71 bits per heavy atom. The zero-order valence-corrected chi connectivity index (χ0v) is 26.3. The molecule has 0 saturated carbocycles. The molecule has 2 nitrogen and oxygen atoms in total. The molecule has 0 aliphatic carbocycles. The molecule has 1 heterocycles. The predicted molar refractivity (Wildman–Crippen MR) is 202 cm³/mol. The summed E-state index contributed by atoms with van der Waals surface area (Å²) in [7, 11) is 0. The maximum Gasteiger partial charge on any atom is 0.136 e. The molecule has 0 fully saturated rings. The maximum atomic E-state index is 6.31. The van der Waals surface area contributed by atoms with E-state index in [1.54, 1.807) is 0 Å². The summed E-state index contributed by atoms with van der Waals surface area (Å²) >= 11 is 0. The van der Waals surface area contributed by atoms with Crippen LogP contribution in [0.2, 0.25) is 0 Å². The number of hydrogen-bond acceptors (Lipinski definition) is 2. The van der Waals surface area contributed by atoms with Crippen molar-refractivity contribution in [2.75, 3.05) is 4.90 Å². The van der Waals surface area contributed by atoms with E-state index in [0.717, 1.165) is 50.1 Å². The standard InChI is InChI=1S/C46H31NO/c1-2-11-32(12-3-1)34-23-27-38(28-24-34)47(39-29-25-35(26-30-39)37-22-21-33-13-4-5-14-36(33)31-37)43-18-8-6-15-40(43)41-17-10-20-45-46(41)42-16-7-9-19-44(42)48-45/h1-31H. The molecule has 0 aliphatic heterocycles. The minimum Gasteiger partial charge on any atom is -0.456 e. The van der Waals surface area contributed by atoms with Crippen LogP contribution in [0.25, 0.3) is 66.1 Å². The van der Waals surface area contributed by atoms with Crippen LogP contribution in [0.4, 0.5) is 17.1 Å². The summed E-state index contributed by atoms with van der Waals surface area (Å²) in [6, 6.07) is 66.9. The fraction of sp³-hybridized carbons (Fsp3) is 0. The third-order valence-corrected chi connectivity index (χ3v) is 9.28. The lowest BCUT2D eigenvalue weighted by Gasteiger charge is -2.28. The first-order valence-electron chi connectivity index (χ1n) is 16.3. The zero-order chi connectivity index (χ0) is 31.9. The van der Waals surface area contributed by atoms with Crippen molar-refractivity contribution < 1.29 is 4.42 Å². The Labute approximate surface area is 279 Å². The van der Waals surface area contributed by atoms with Crippen LogP contribution in [0, 0.1) is 0 Å². The molecule has 48 heavy (non-hydrogen) atoms. The molecule has 0 bridgehead atoms. The van der Waals surface area contributed by atoms with Crippen LogP contribution >= 0.6 is 0 Å². The van der Waals surface area contributed by atoms with Gasteiger partial charge in [-0.3, -0.25) is 0 Å². The Kier molecular flexibility index (Phi) is 6.84. The van der Waals surface area contributed by atoms with E-state index in [1.807, 2.05) is 12.1 Å². The fourth-order valence-electron chi connectivity index (χ4n) is 6.93. The third kappa shape index (κ3) is 4.92. The van der Waals surface area contributed by atoms with Gasteiger partial charge < -0.3 is 9.32 Å². The lowest BCUT2D eigenvalue weighted by atomic mass is 9.96. The van der Waals surface area contributed by atoms with Gasteiger partial charge in [-0.2, -0.15) is 0 Å². The number of rotatable bonds is 6. The predicted octanol–water partition coefficient (Wildman–Crippen LogP) is 13.2. The van der Waals surface area contributed by atoms with Gasteiger partial charge in [0.1, 0.15) is 11.2 Å². The van der Waals surface area contributed by atoms with Crippen LogP contribution in [0.1, 0.15) is 0 Å². The van der Waals surface area contributed by atoms with Gasteiger partial charge in [-0.1, -0.05) is 140 Å². The van der Waals surface area contributed by atoms with E-state index < -0.39 is 0 Å². The van der Waals surface area contributed by atoms with Gasteiger partial charge in [-0.15, -0.1) is 0 Å². The molecule has 0 aliphatic rings. The van der Waals surface area contributed by atoms with E-state index in [0.29, 0.717) is 0 Å². The molecule has 0 amide bonds. The molecule has 9 aromatic rings. The van der Waals surface area contributed by atoms with Crippen molar-refractivity contribution in [1.82, 2.24) is 0 Å². The summed E-state index contributed by atoms with van der Waals surface area (Å²) < 4.78 is 6.31. The summed E-state index contributed by atoms with van der Waals surface area (Å²) in [4.78, 5) is 2.37. The summed E-state index contributed by atoms with van der Waals surface area (Å²) in [5.74, 6) is 0. The van der Waals surface area contributed by atoms with Crippen LogP contribution in [-0.2, 0) is 0 Å². The van der Waals surface area contributed by atoms with Gasteiger partial charge in [0.2, 0.25) is 0 Å². The van der Waals surface area contributed by atoms with Gasteiger partial charge >= 0.3 is 0 Å². The van der Waals surface area contributed by atoms with Crippen molar-refractivity contribution in [3.63, 3.8) is 0 Å². The Morgan fingerprint density at radius 2 is 0.917 bits per heavy atom. The minimum atomic E-state index is 0.891. The van der Waals surface area contributed by atoms with Gasteiger partial charge in [0, 0.05) is 27.7 Å². The number of benzene rings is 8. The third-order valence-electron chi connectivity index (χ3n) is 9.28. The van der Waals surface area contributed by atoms with Crippen molar-refractivity contribution in [3.8, 4) is 33.4 Å². The summed E-state index contributed by atoms with van der Waals surface area (Å²) in [6.07, 6.45) is 0. The number of para-hydroxylation sites is 2. The largest absolute Gasteiger partial charge is 0.456 e. The molecule has 0 N–H and O–H groups in total. The second-order valence-corrected chi connectivity index (χ2v) is 12.2. The molecular formula is C46H31NO. The summed E-state index contributed by atoms with van der Waals surface area (Å²) in [5, 5.41) is 4.75. The second-order valence-electron chi connectivity index (χ2n) is 12.2. The summed E-state index contributed by atoms with van der Waals surface area (Å²) in [6.45, 7) is 0. The quantitative estimate of drug-likeness (QED) is 0.185. The molecule has 0 atom stereocenters. The van der Waals surface area contributed by atoms with Gasteiger partial charge in [0.15, 0.2) is 0 Å². The molecular weight excluding hydrogens is 583 g/mol. The van der Waals surface area contributed by atoms with Gasteiger partial charge in [-0.05, 0) is 87.1 Å². The van der Waals surface area contributed by atoms with Gasteiger partial charge in [-0.25, -0.2) is 0 Å². The van der Waals surface area contributed by atoms with Crippen molar-refractivity contribution in [2.24, 2.45) is 0 Å².